The zero-order chi connectivity index (χ0) is 13.8. The summed E-state index contributed by atoms with van der Waals surface area (Å²) in [6.07, 6.45) is 15.0. The first-order chi connectivity index (χ1) is 9.36. The highest BCUT2D eigenvalue weighted by atomic mass is 14.0. The van der Waals surface area contributed by atoms with E-state index in [2.05, 4.69) is 38.1 Å². The Bertz CT molecular complexity index is 296. The predicted molar refractivity (Wildman–Crippen MR) is 86.8 cm³/mol. The molecule has 1 aromatic carbocycles. The molecule has 0 aliphatic heterocycles. The van der Waals surface area contributed by atoms with Crippen LogP contribution < -0.4 is 0 Å². The van der Waals surface area contributed by atoms with E-state index < -0.39 is 0 Å². The van der Waals surface area contributed by atoms with Crippen LogP contribution in [0, 0.1) is 0 Å². The monoisotopic (exact) mass is 260 g/mol. The van der Waals surface area contributed by atoms with Gasteiger partial charge in [-0.05, 0) is 30.4 Å². The van der Waals surface area contributed by atoms with E-state index in [1.807, 2.05) is 0 Å². The molecule has 19 heavy (non-hydrogen) atoms. The van der Waals surface area contributed by atoms with Gasteiger partial charge in [0.05, 0.1) is 0 Å². The Morgan fingerprint density at radius 2 is 1.00 bits per heavy atom. The summed E-state index contributed by atoms with van der Waals surface area (Å²) < 4.78 is 0. The summed E-state index contributed by atoms with van der Waals surface area (Å²) in [7, 11) is 0. The van der Waals surface area contributed by atoms with Gasteiger partial charge in [-0.2, -0.15) is 0 Å². The van der Waals surface area contributed by atoms with Gasteiger partial charge in [0.1, 0.15) is 0 Å². The van der Waals surface area contributed by atoms with Crippen molar-refractivity contribution in [3.05, 3.63) is 35.4 Å². The summed E-state index contributed by atoms with van der Waals surface area (Å²) in [6.45, 7) is 4.53. The molecule has 0 unspecified atom stereocenters. The molecule has 0 fully saturated rings. The fraction of sp³-hybridized carbons (Fsp3) is 0.684. The minimum atomic E-state index is 1.22. The lowest BCUT2D eigenvalue weighted by Crippen LogP contribution is -1.88. The number of aryl methyl sites for hydroxylation is 2. The van der Waals surface area contributed by atoms with E-state index >= 15 is 0 Å². The van der Waals surface area contributed by atoms with Gasteiger partial charge in [-0.25, -0.2) is 0 Å². The van der Waals surface area contributed by atoms with Crippen molar-refractivity contribution in [1.82, 2.24) is 0 Å². The number of rotatable bonds is 11. The fourth-order valence-electron chi connectivity index (χ4n) is 2.62. The molecule has 0 atom stereocenters. The van der Waals surface area contributed by atoms with Gasteiger partial charge in [0, 0.05) is 0 Å². The largest absolute Gasteiger partial charge is 0.0654 e. The molecule has 0 saturated carbocycles. The highest BCUT2D eigenvalue weighted by Gasteiger charge is 1.96. The van der Waals surface area contributed by atoms with Crippen LogP contribution in [-0.2, 0) is 12.8 Å². The molecule has 0 radical (unpaired) electrons. The molecule has 0 heterocycles. The second-order valence-corrected chi connectivity index (χ2v) is 5.79. The van der Waals surface area contributed by atoms with Crippen molar-refractivity contribution >= 4 is 0 Å². The van der Waals surface area contributed by atoms with Crippen molar-refractivity contribution < 1.29 is 0 Å². The Morgan fingerprint density at radius 3 is 1.53 bits per heavy atom. The van der Waals surface area contributed by atoms with Crippen molar-refractivity contribution in [2.75, 3.05) is 0 Å². The first-order valence-corrected chi connectivity index (χ1v) is 8.44. The molecule has 0 aromatic heterocycles. The van der Waals surface area contributed by atoms with Crippen LogP contribution in [0.15, 0.2) is 24.3 Å². The van der Waals surface area contributed by atoms with Crippen LogP contribution in [0.1, 0.15) is 82.8 Å². The van der Waals surface area contributed by atoms with Gasteiger partial charge in [0.2, 0.25) is 0 Å². The van der Waals surface area contributed by atoms with E-state index in [4.69, 9.17) is 0 Å². The van der Waals surface area contributed by atoms with Gasteiger partial charge < -0.3 is 0 Å². The van der Waals surface area contributed by atoms with Gasteiger partial charge in [-0.15, -0.1) is 0 Å². The van der Waals surface area contributed by atoms with Crippen LogP contribution in [0.2, 0.25) is 0 Å². The fourth-order valence-corrected chi connectivity index (χ4v) is 2.62. The first kappa shape index (κ1) is 16.3. The van der Waals surface area contributed by atoms with Gasteiger partial charge in [-0.1, -0.05) is 89.5 Å². The molecule has 108 valence electrons. The SMILES string of the molecule is CCCCCCCCCCc1ccc(CCC)cc1. The number of benzene rings is 1. The molecule has 0 heteroatoms. The van der Waals surface area contributed by atoms with Crippen molar-refractivity contribution in [2.24, 2.45) is 0 Å². The molecule has 0 nitrogen and oxygen atoms in total. The van der Waals surface area contributed by atoms with Crippen LogP contribution in [-0.4, -0.2) is 0 Å². The van der Waals surface area contributed by atoms with Crippen LogP contribution in [0.25, 0.3) is 0 Å². The van der Waals surface area contributed by atoms with Crippen molar-refractivity contribution in [1.29, 1.82) is 0 Å². The maximum Gasteiger partial charge on any atom is -0.0279 e. The first-order valence-electron chi connectivity index (χ1n) is 8.44. The summed E-state index contributed by atoms with van der Waals surface area (Å²) in [5.41, 5.74) is 3.01. The molecule has 0 N–H and O–H groups in total. The van der Waals surface area contributed by atoms with E-state index in [1.54, 1.807) is 0 Å². The zero-order valence-electron chi connectivity index (χ0n) is 13.1. The molecule has 0 saturated heterocycles. The van der Waals surface area contributed by atoms with E-state index in [9.17, 15) is 0 Å². The quantitative estimate of drug-likeness (QED) is 0.408. The Labute approximate surface area is 120 Å². The highest BCUT2D eigenvalue weighted by Crippen LogP contribution is 2.12. The average molecular weight is 260 g/mol. The van der Waals surface area contributed by atoms with Gasteiger partial charge in [0.25, 0.3) is 0 Å². The third-order valence-electron chi connectivity index (χ3n) is 3.88. The second kappa shape index (κ2) is 11.1. The maximum atomic E-state index is 2.33. The molecule has 0 spiro atoms. The molecule has 1 rings (SSSR count). The van der Waals surface area contributed by atoms with Crippen molar-refractivity contribution in [2.45, 2.75) is 84.5 Å². The van der Waals surface area contributed by atoms with E-state index in [-0.39, 0.29) is 0 Å². The average Bonchev–Trinajstić information content (AvgIpc) is 2.44. The van der Waals surface area contributed by atoms with Crippen LogP contribution in [0.3, 0.4) is 0 Å². The lowest BCUT2D eigenvalue weighted by Gasteiger charge is -2.04. The van der Waals surface area contributed by atoms with Crippen molar-refractivity contribution in [3.63, 3.8) is 0 Å². The topological polar surface area (TPSA) is 0 Å². The van der Waals surface area contributed by atoms with Gasteiger partial charge in [0.15, 0.2) is 0 Å². The third kappa shape index (κ3) is 8.08. The van der Waals surface area contributed by atoms with Crippen LogP contribution >= 0.6 is 0 Å². The third-order valence-corrected chi connectivity index (χ3v) is 3.88. The molecule has 0 aliphatic rings. The smallest absolute Gasteiger partial charge is 0.0279 e. The number of hydrogen-bond acceptors (Lipinski definition) is 0. The maximum absolute atomic E-state index is 2.33. The zero-order valence-corrected chi connectivity index (χ0v) is 13.1. The van der Waals surface area contributed by atoms with Crippen LogP contribution in [0.5, 0.6) is 0 Å². The Kier molecular flexibility index (Phi) is 9.49. The summed E-state index contributed by atoms with van der Waals surface area (Å²) >= 11 is 0. The standard InChI is InChI=1S/C19H32/c1-3-5-6-7-8-9-10-11-13-19-16-14-18(12-4-2)15-17-19/h14-17H,3-13H2,1-2H3. The van der Waals surface area contributed by atoms with Gasteiger partial charge in [-0.3, -0.25) is 0 Å². The highest BCUT2D eigenvalue weighted by molar-refractivity contribution is 5.22. The Morgan fingerprint density at radius 1 is 0.526 bits per heavy atom. The molecule has 0 bridgehead atoms. The van der Waals surface area contributed by atoms with Crippen molar-refractivity contribution in [3.8, 4) is 0 Å². The molecule has 0 aliphatic carbocycles. The van der Waals surface area contributed by atoms with E-state index in [0.717, 1.165) is 0 Å². The minimum absolute atomic E-state index is 1.22. The van der Waals surface area contributed by atoms with E-state index in [0.29, 0.717) is 0 Å². The second-order valence-electron chi connectivity index (χ2n) is 5.79. The van der Waals surface area contributed by atoms with Crippen LogP contribution in [0.4, 0.5) is 0 Å². The minimum Gasteiger partial charge on any atom is -0.0654 e. The number of unbranched alkanes of at least 4 members (excludes halogenated alkanes) is 7. The summed E-state index contributed by atoms with van der Waals surface area (Å²) in [5, 5.41) is 0. The lowest BCUT2D eigenvalue weighted by molar-refractivity contribution is 0.575. The molecular formula is C19H32. The lowest BCUT2D eigenvalue weighted by atomic mass is 10.0. The molecule has 0 amide bonds. The van der Waals surface area contributed by atoms with E-state index in [1.165, 1.54) is 81.8 Å². The predicted octanol–water partition coefficient (Wildman–Crippen LogP) is 6.32. The Hall–Kier alpha value is -0.780. The summed E-state index contributed by atoms with van der Waals surface area (Å²) in [6, 6.07) is 9.27. The molecule has 1 aromatic rings. The normalized spacial score (nSPS) is 10.8. The number of hydrogen-bond donors (Lipinski definition) is 0. The Balaban J connectivity index is 2.02. The molecular weight excluding hydrogens is 228 g/mol. The summed E-state index contributed by atoms with van der Waals surface area (Å²) in [5.74, 6) is 0. The summed E-state index contributed by atoms with van der Waals surface area (Å²) in [4.78, 5) is 0. The van der Waals surface area contributed by atoms with Gasteiger partial charge >= 0.3 is 0 Å².